The lowest BCUT2D eigenvalue weighted by molar-refractivity contribution is 0.436. The normalized spacial score (nSPS) is 15.9. The second kappa shape index (κ2) is 5.03. The third-order valence-corrected chi connectivity index (χ3v) is 5.34. The molecule has 1 fully saturated rings. The number of rotatable bonds is 5. The quantitative estimate of drug-likeness (QED) is 0.780. The Kier molecular flexibility index (Phi) is 3.80. The molecule has 0 radical (unpaired) electrons. The summed E-state index contributed by atoms with van der Waals surface area (Å²) in [5.41, 5.74) is 0.945. The summed E-state index contributed by atoms with van der Waals surface area (Å²) in [6.07, 6.45) is 3.44. The largest absolute Gasteiger partial charge is 0.245 e. The van der Waals surface area contributed by atoms with Crippen molar-refractivity contribution in [1.29, 1.82) is 0 Å². The van der Waals surface area contributed by atoms with E-state index in [1.165, 1.54) is 4.31 Å². The van der Waals surface area contributed by atoms with Gasteiger partial charge in [0.1, 0.15) is 4.90 Å². The lowest BCUT2D eigenvalue weighted by Crippen LogP contribution is -2.33. The van der Waals surface area contributed by atoms with Gasteiger partial charge in [-0.05, 0) is 37.5 Å². The van der Waals surface area contributed by atoms with E-state index in [1.54, 1.807) is 24.3 Å². The lowest BCUT2D eigenvalue weighted by atomic mass is 10.2. The highest BCUT2D eigenvalue weighted by atomic mass is 35.5. The molecule has 2 rings (SSSR count). The van der Waals surface area contributed by atoms with E-state index in [1.807, 2.05) is 6.92 Å². The molecule has 1 saturated carbocycles. The number of nitrogens with zero attached hydrogens (tertiary/aromatic N) is 1. The van der Waals surface area contributed by atoms with Crippen LogP contribution in [0.4, 0.5) is 0 Å². The molecule has 18 heavy (non-hydrogen) atoms. The molecule has 0 aromatic heterocycles. The van der Waals surface area contributed by atoms with Crippen LogP contribution in [0.2, 0.25) is 5.02 Å². The minimum absolute atomic E-state index is 0.102. The van der Waals surface area contributed by atoms with Crippen molar-refractivity contribution in [3.8, 4) is 0 Å². The van der Waals surface area contributed by atoms with E-state index >= 15 is 0 Å². The van der Waals surface area contributed by atoms with Crippen LogP contribution in [0.15, 0.2) is 35.7 Å². The van der Waals surface area contributed by atoms with Crippen LogP contribution in [-0.2, 0) is 10.0 Å². The number of halogens is 1. The van der Waals surface area contributed by atoms with Crippen LogP contribution in [0.1, 0.15) is 18.4 Å². The molecule has 1 aromatic rings. The van der Waals surface area contributed by atoms with E-state index in [2.05, 4.69) is 6.58 Å². The van der Waals surface area contributed by atoms with Crippen LogP contribution < -0.4 is 0 Å². The Morgan fingerprint density at radius 2 is 2.17 bits per heavy atom. The average Bonchev–Trinajstić information content (AvgIpc) is 3.08. The standard InChI is InChI=1S/C13H16ClNO2S/c1-3-8-15(11-5-6-11)18(16,17)13-7-4-10(2)9-12(13)14/h3-4,7,9,11H,1,5-6,8H2,2H3. The Hall–Kier alpha value is -0.840. The number of sulfonamides is 1. The molecular formula is C13H16ClNO2S. The van der Waals surface area contributed by atoms with Gasteiger partial charge in [0, 0.05) is 12.6 Å². The van der Waals surface area contributed by atoms with Gasteiger partial charge in [-0.25, -0.2) is 8.42 Å². The van der Waals surface area contributed by atoms with Crippen molar-refractivity contribution < 1.29 is 8.42 Å². The fourth-order valence-electron chi connectivity index (χ4n) is 1.87. The van der Waals surface area contributed by atoms with E-state index in [0.29, 0.717) is 6.54 Å². The van der Waals surface area contributed by atoms with Crippen LogP contribution in [0.5, 0.6) is 0 Å². The minimum atomic E-state index is -3.52. The first-order valence-electron chi connectivity index (χ1n) is 5.85. The van der Waals surface area contributed by atoms with Gasteiger partial charge in [-0.2, -0.15) is 4.31 Å². The summed E-state index contributed by atoms with van der Waals surface area (Å²) < 4.78 is 26.5. The maximum Gasteiger partial charge on any atom is 0.245 e. The Balaban J connectivity index is 2.42. The number of aryl methyl sites for hydroxylation is 1. The summed E-state index contributed by atoms with van der Waals surface area (Å²) in [5.74, 6) is 0. The molecule has 0 saturated heterocycles. The van der Waals surface area contributed by atoms with Gasteiger partial charge >= 0.3 is 0 Å². The fourth-order valence-corrected chi connectivity index (χ4v) is 4.11. The Morgan fingerprint density at radius 3 is 2.67 bits per heavy atom. The van der Waals surface area contributed by atoms with Crippen molar-refractivity contribution in [3.63, 3.8) is 0 Å². The molecule has 0 spiro atoms. The van der Waals surface area contributed by atoms with Gasteiger partial charge in [-0.3, -0.25) is 0 Å². The monoisotopic (exact) mass is 285 g/mol. The van der Waals surface area contributed by atoms with Gasteiger partial charge in [0.05, 0.1) is 5.02 Å². The van der Waals surface area contributed by atoms with Gasteiger partial charge in [0.15, 0.2) is 0 Å². The molecule has 0 atom stereocenters. The molecule has 5 heteroatoms. The van der Waals surface area contributed by atoms with E-state index in [9.17, 15) is 8.42 Å². The van der Waals surface area contributed by atoms with Gasteiger partial charge in [-0.15, -0.1) is 6.58 Å². The van der Waals surface area contributed by atoms with E-state index in [4.69, 9.17) is 11.6 Å². The summed E-state index contributed by atoms with van der Waals surface area (Å²) in [5, 5.41) is 0.282. The van der Waals surface area contributed by atoms with E-state index in [0.717, 1.165) is 18.4 Å². The summed E-state index contributed by atoms with van der Waals surface area (Å²) >= 11 is 6.05. The van der Waals surface area contributed by atoms with Crippen molar-refractivity contribution in [3.05, 3.63) is 41.4 Å². The number of hydrogen-bond donors (Lipinski definition) is 0. The van der Waals surface area contributed by atoms with Crippen molar-refractivity contribution in [2.24, 2.45) is 0 Å². The molecule has 1 aliphatic carbocycles. The molecule has 0 N–H and O–H groups in total. The lowest BCUT2D eigenvalue weighted by Gasteiger charge is -2.21. The maximum atomic E-state index is 12.5. The number of benzene rings is 1. The van der Waals surface area contributed by atoms with Gasteiger partial charge in [0.2, 0.25) is 10.0 Å². The highest BCUT2D eigenvalue weighted by Gasteiger charge is 2.38. The van der Waals surface area contributed by atoms with Crippen LogP contribution in [0.3, 0.4) is 0 Å². The molecule has 0 aliphatic heterocycles. The Labute approximate surface area is 113 Å². The second-order valence-corrected chi connectivity index (χ2v) is 6.79. The number of hydrogen-bond acceptors (Lipinski definition) is 2. The predicted molar refractivity (Wildman–Crippen MR) is 73.3 cm³/mol. The van der Waals surface area contributed by atoms with Gasteiger partial charge < -0.3 is 0 Å². The van der Waals surface area contributed by atoms with Crippen LogP contribution in [0, 0.1) is 6.92 Å². The van der Waals surface area contributed by atoms with E-state index < -0.39 is 10.0 Å². The van der Waals surface area contributed by atoms with Gasteiger partial charge in [0.25, 0.3) is 0 Å². The van der Waals surface area contributed by atoms with E-state index in [-0.39, 0.29) is 16.0 Å². The third-order valence-electron chi connectivity index (χ3n) is 2.94. The molecule has 0 bridgehead atoms. The highest BCUT2D eigenvalue weighted by molar-refractivity contribution is 7.89. The average molecular weight is 286 g/mol. The van der Waals surface area contributed by atoms with Gasteiger partial charge in [-0.1, -0.05) is 23.7 Å². The SMILES string of the molecule is C=CCN(C1CC1)S(=O)(=O)c1ccc(C)cc1Cl. The maximum absolute atomic E-state index is 12.5. The van der Waals surface area contributed by atoms with Crippen molar-refractivity contribution in [2.45, 2.75) is 30.7 Å². The minimum Gasteiger partial charge on any atom is -0.207 e. The second-order valence-electron chi connectivity index (χ2n) is 4.53. The summed E-state index contributed by atoms with van der Waals surface area (Å²) in [4.78, 5) is 0.184. The van der Waals surface area contributed by atoms with Crippen molar-refractivity contribution in [1.82, 2.24) is 4.31 Å². The topological polar surface area (TPSA) is 37.4 Å². The predicted octanol–water partition coefficient (Wildman–Crippen LogP) is 2.99. The van der Waals surface area contributed by atoms with Crippen molar-refractivity contribution >= 4 is 21.6 Å². The zero-order valence-electron chi connectivity index (χ0n) is 10.3. The third kappa shape index (κ3) is 2.60. The molecule has 0 unspecified atom stereocenters. The molecular weight excluding hydrogens is 270 g/mol. The smallest absolute Gasteiger partial charge is 0.207 e. The molecule has 98 valence electrons. The zero-order chi connectivity index (χ0) is 13.3. The first-order chi connectivity index (χ1) is 8.46. The molecule has 0 heterocycles. The first-order valence-corrected chi connectivity index (χ1v) is 7.67. The van der Waals surface area contributed by atoms with Crippen molar-refractivity contribution in [2.75, 3.05) is 6.54 Å². The molecule has 1 aliphatic rings. The van der Waals surface area contributed by atoms with Crippen LogP contribution in [0.25, 0.3) is 0 Å². The molecule has 3 nitrogen and oxygen atoms in total. The highest BCUT2D eigenvalue weighted by Crippen LogP contribution is 2.34. The summed E-state index contributed by atoms with van der Waals surface area (Å²) in [6, 6.07) is 5.11. The summed E-state index contributed by atoms with van der Waals surface area (Å²) in [6.45, 7) is 5.83. The Bertz CT molecular complexity index is 564. The summed E-state index contributed by atoms with van der Waals surface area (Å²) in [7, 11) is -3.52. The Morgan fingerprint density at radius 1 is 1.50 bits per heavy atom. The zero-order valence-corrected chi connectivity index (χ0v) is 11.8. The molecule has 0 amide bonds. The van der Waals surface area contributed by atoms with Crippen LogP contribution >= 0.6 is 11.6 Å². The van der Waals surface area contributed by atoms with Crippen LogP contribution in [-0.4, -0.2) is 25.3 Å². The fraction of sp³-hybridized carbons (Fsp3) is 0.385. The molecule has 1 aromatic carbocycles. The first kappa shape index (κ1) is 13.6.